The smallest absolute Gasteiger partial charge is 0.146 e. The van der Waals surface area contributed by atoms with Crippen LogP contribution in [0.1, 0.15) is 117 Å². The van der Waals surface area contributed by atoms with Crippen LogP contribution >= 0.6 is 0 Å². The maximum absolute atomic E-state index is 2.32. The standard InChI is InChI=1S/C16H33.C4H9.Mg/c1-3-5-7-9-11-13-15-16-14-12-10-8-6-4-2;1-3-4-2;/h1,3-16H2,2H3;1,3-4H2,2H3;. The molecule has 0 unspecified atom stereocenters. The summed E-state index contributed by atoms with van der Waals surface area (Å²) in [5.74, 6) is 0. The Kier molecular flexibility index (Phi) is 21.5. The average Bonchev–Trinajstić information content (AvgIpc) is 2.50. The highest BCUT2D eigenvalue weighted by atomic mass is 24.5. The Morgan fingerprint density at radius 2 is 0.714 bits per heavy atom. The lowest BCUT2D eigenvalue weighted by molar-refractivity contribution is 0.538. The van der Waals surface area contributed by atoms with Gasteiger partial charge in [-0.15, -0.1) is 9.10 Å². The minimum atomic E-state index is 0.339. The predicted molar refractivity (Wildman–Crippen MR) is 101 cm³/mol. The van der Waals surface area contributed by atoms with Crippen molar-refractivity contribution in [2.45, 2.75) is 126 Å². The molecule has 0 aliphatic heterocycles. The Balaban J connectivity index is 2.90. The minimum Gasteiger partial charge on any atom is -0.146 e. The predicted octanol–water partition coefficient (Wildman–Crippen LogP) is 7.81. The Morgan fingerprint density at radius 1 is 0.381 bits per heavy atom. The summed E-state index contributed by atoms with van der Waals surface area (Å²) < 4.78 is 3.23. The normalized spacial score (nSPS) is 10.8. The molecule has 124 valence electrons. The van der Waals surface area contributed by atoms with Crippen LogP contribution in [-0.4, -0.2) is 20.4 Å². The molecule has 0 heterocycles. The van der Waals surface area contributed by atoms with Gasteiger partial charge in [-0.3, -0.25) is 0 Å². The van der Waals surface area contributed by atoms with Gasteiger partial charge in [0, 0.05) is 0 Å². The van der Waals surface area contributed by atoms with Gasteiger partial charge in [-0.25, -0.2) is 0 Å². The molecule has 0 bridgehead atoms. The van der Waals surface area contributed by atoms with Crippen LogP contribution in [-0.2, 0) is 0 Å². The molecule has 0 radical (unpaired) electrons. The number of hydrogen-bond donors (Lipinski definition) is 0. The van der Waals surface area contributed by atoms with Gasteiger partial charge in [0.05, 0.1) is 0 Å². The second kappa shape index (κ2) is 20.8. The molecule has 1 heteroatoms. The first-order chi connectivity index (χ1) is 10.4. The van der Waals surface area contributed by atoms with Crippen molar-refractivity contribution in [2.75, 3.05) is 0 Å². The van der Waals surface area contributed by atoms with Crippen molar-refractivity contribution < 1.29 is 0 Å². The molecule has 0 saturated heterocycles. The lowest BCUT2D eigenvalue weighted by Gasteiger charge is -2.03. The summed E-state index contributed by atoms with van der Waals surface area (Å²) in [5, 5.41) is 0. The molecule has 0 rings (SSSR count). The van der Waals surface area contributed by atoms with Crippen LogP contribution in [0.5, 0.6) is 0 Å². The van der Waals surface area contributed by atoms with Gasteiger partial charge in [0.15, 0.2) is 0 Å². The SMILES string of the molecule is CCCCCCCCCCCCCCC[CH2][Mg][CH2]CCC. The van der Waals surface area contributed by atoms with Crippen molar-refractivity contribution >= 4 is 20.4 Å². The summed E-state index contributed by atoms with van der Waals surface area (Å²) in [7, 11) is 0. The fourth-order valence-electron chi connectivity index (χ4n) is 3.15. The van der Waals surface area contributed by atoms with E-state index in [1.807, 2.05) is 0 Å². The van der Waals surface area contributed by atoms with Gasteiger partial charge in [-0.2, -0.15) is 0 Å². The Bertz CT molecular complexity index is 149. The summed E-state index contributed by atoms with van der Waals surface area (Å²) in [6.45, 7) is 4.62. The zero-order valence-electron chi connectivity index (χ0n) is 15.4. The maximum atomic E-state index is 2.32. The molecular formula is C20H42Mg. The van der Waals surface area contributed by atoms with Gasteiger partial charge >= 0.3 is 20.4 Å². The molecule has 0 fully saturated rings. The van der Waals surface area contributed by atoms with E-state index in [1.165, 1.54) is 96.3 Å². The fraction of sp³-hybridized carbons (Fsp3) is 1.00. The van der Waals surface area contributed by atoms with Crippen LogP contribution in [0.4, 0.5) is 0 Å². The first-order valence-electron chi connectivity index (χ1n) is 10.4. The molecule has 0 aromatic heterocycles. The Labute approximate surface area is 146 Å². The summed E-state index contributed by atoms with van der Waals surface area (Å²) in [6, 6.07) is 0. The van der Waals surface area contributed by atoms with Crippen LogP contribution in [0.15, 0.2) is 0 Å². The van der Waals surface area contributed by atoms with E-state index < -0.39 is 0 Å². The number of rotatable bonds is 18. The van der Waals surface area contributed by atoms with Gasteiger partial charge in [0.1, 0.15) is 0 Å². The van der Waals surface area contributed by atoms with Crippen molar-refractivity contribution in [1.82, 2.24) is 0 Å². The van der Waals surface area contributed by atoms with Gasteiger partial charge in [0.25, 0.3) is 0 Å². The third-order valence-electron chi connectivity index (χ3n) is 4.71. The van der Waals surface area contributed by atoms with Crippen LogP contribution in [0.25, 0.3) is 0 Å². The maximum Gasteiger partial charge on any atom is 0.364 e. The van der Waals surface area contributed by atoms with Crippen molar-refractivity contribution in [1.29, 1.82) is 0 Å². The Hall–Kier alpha value is 0.766. The van der Waals surface area contributed by atoms with E-state index in [9.17, 15) is 0 Å². The van der Waals surface area contributed by atoms with E-state index in [4.69, 9.17) is 0 Å². The lowest BCUT2D eigenvalue weighted by Crippen LogP contribution is -1.89. The van der Waals surface area contributed by atoms with Gasteiger partial charge in [-0.05, 0) is 0 Å². The minimum absolute atomic E-state index is 0.339. The molecule has 0 spiro atoms. The second-order valence-electron chi connectivity index (χ2n) is 7.01. The first-order valence-corrected chi connectivity index (χ1v) is 12.4. The highest BCUT2D eigenvalue weighted by Crippen LogP contribution is 2.13. The second-order valence-corrected chi connectivity index (χ2v) is 9.13. The van der Waals surface area contributed by atoms with Crippen molar-refractivity contribution in [3.8, 4) is 0 Å². The van der Waals surface area contributed by atoms with Crippen LogP contribution in [0.2, 0.25) is 9.10 Å². The topological polar surface area (TPSA) is 0 Å². The van der Waals surface area contributed by atoms with Gasteiger partial charge in [0.2, 0.25) is 0 Å². The molecule has 21 heavy (non-hydrogen) atoms. The van der Waals surface area contributed by atoms with E-state index in [1.54, 1.807) is 15.5 Å². The van der Waals surface area contributed by atoms with E-state index in [0.717, 1.165) is 0 Å². The van der Waals surface area contributed by atoms with E-state index >= 15 is 0 Å². The highest BCUT2D eigenvalue weighted by molar-refractivity contribution is 6.35. The molecule has 0 aliphatic carbocycles. The third kappa shape index (κ3) is 20.8. The van der Waals surface area contributed by atoms with Gasteiger partial charge in [-0.1, -0.05) is 117 Å². The van der Waals surface area contributed by atoms with Crippen LogP contribution in [0.3, 0.4) is 0 Å². The van der Waals surface area contributed by atoms with Crippen LogP contribution < -0.4 is 0 Å². The molecule has 0 saturated carbocycles. The quantitative estimate of drug-likeness (QED) is 0.179. The van der Waals surface area contributed by atoms with E-state index in [-0.39, 0.29) is 0 Å². The van der Waals surface area contributed by atoms with Crippen molar-refractivity contribution in [2.24, 2.45) is 0 Å². The van der Waals surface area contributed by atoms with E-state index in [0.29, 0.717) is 20.4 Å². The molecule has 0 nitrogen and oxygen atoms in total. The largest absolute Gasteiger partial charge is 0.364 e. The highest BCUT2D eigenvalue weighted by Gasteiger charge is 1.96. The third-order valence-corrected chi connectivity index (χ3v) is 6.71. The lowest BCUT2D eigenvalue weighted by atomic mass is 10.0. The molecule has 0 atom stereocenters. The van der Waals surface area contributed by atoms with Crippen molar-refractivity contribution in [3.05, 3.63) is 0 Å². The average molecular weight is 307 g/mol. The van der Waals surface area contributed by atoms with Crippen LogP contribution in [0, 0.1) is 0 Å². The van der Waals surface area contributed by atoms with E-state index in [2.05, 4.69) is 13.8 Å². The fourth-order valence-corrected chi connectivity index (χ4v) is 5.07. The zero-order chi connectivity index (χ0) is 15.4. The first kappa shape index (κ1) is 21.8. The molecule has 0 N–H and O–H groups in total. The molecular weight excluding hydrogens is 265 g/mol. The molecule has 0 aromatic rings. The van der Waals surface area contributed by atoms with Gasteiger partial charge < -0.3 is 0 Å². The zero-order valence-corrected chi connectivity index (χ0v) is 16.8. The Morgan fingerprint density at radius 3 is 1.14 bits per heavy atom. The number of unbranched alkanes of at least 4 members (excludes halogenated alkanes) is 14. The molecule has 0 aromatic carbocycles. The summed E-state index contributed by atoms with van der Waals surface area (Å²) in [4.78, 5) is 0. The summed E-state index contributed by atoms with van der Waals surface area (Å²) in [5.41, 5.74) is 0. The summed E-state index contributed by atoms with van der Waals surface area (Å²) >= 11 is 0.339. The van der Waals surface area contributed by atoms with Crippen molar-refractivity contribution in [3.63, 3.8) is 0 Å². The summed E-state index contributed by atoms with van der Waals surface area (Å²) in [6.07, 6.45) is 23.8. The molecule has 0 amide bonds. The molecule has 0 aliphatic rings. The number of hydrogen-bond acceptors (Lipinski definition) is 0. The monoisotopic (exact) mass is 306 g/mol.